The molecular formula is C34H27N. The highest BCUT2D eigenvalue weighted by molar-refractivity contribution is 6.09. The van der Waals surface area contributed by atoms with Crippen LogP contribution in [0.3, 0.4) is 0 Å². The van der Waals surface area contributed by atoms with Gasteiger partial charge in [-0.05, 0) is 70.1 Å². The second-order valence-electron chi connectivity index (χ2n) is 10.3. The monoisotopic (exact) mass is 449 g/mol. The first kappa shape index (κ1) is 20.3. The number of benzene rings is 5. The normalized spacial score (nSPS) is 13.8. The molecule has 0 atom stereocenters. The van der Waals surface area contributed by atoms with Crippen molar-refractivity contribution in [1.29, 1.82) is 0 Å². The molecule has 5 aromatic carbocycles. The number of rotatable bonds is 3. The summed E-state index contributed by atoms with van der Waals surface area (Å²) in [6, 6.07) is 42.4. The number of aromatic nitrogens is 1. The van der Waals surface area contributed by atoms with Crippen molar-refractivity contribution in [2.75, 3.05) is 0 Å². The van der Waals surface area contributed by atoms with E-state index in [1.165, 1.54) is 60.9 Å². The van der Waals surface area contributed by atoms with E-state index >= 15 is 0 Å². The van der Waals surface area contributed by atoms with E-state index in [1.54, 1.807) is 0 Å². The molecule has 168 valence electrons. The molecule has 35 heavy (non-hydrogen) atoms. The Balaban J connectivity index is 1.34. The fourth-order valence-corrected chi connectivity index (χ4v) is 6.10. The van der Waals surface area contributed by atoms with Crippen LogP contribution in [0.1, 0.15) is 36.1 Å². The van der Waals surface area contributed by atoms with Gasteiger partial charge in [-0.2, -0.15) is 0 Å². The van der Waals surface area contributed by atoms with E-state index in [-0.39, 0.29) is 5.41 Å². The number of nitrogens with zero attached hydrogens (tertiary/aromatic N) is 1. The fraction of sp³-hybridized carbons (Fsp3) is 0.118. The zero-order valence-electron chi connectivity index (χ0n) is 20.1. The summed E-state index contributed by atoms with van der Waals surface area (Å²) in [6.45, 7) is 4.68. The van der Waals surface area contributed by atoms with Crippen LogP contribution < -0.4 is 0 Å². The van der Waals surface area contributed by atoms with E-state index in [4.69, 9.17) is 0 Å². The highest BCUT2D eigenvalue weighted by Crippen LogP contribution is 2.48. The van der Waals surface area contributed by atoms with Crippen molar-refractivity contribution in [1.82, 2.24) is 4.57 Å². The minimum absolute atomic E-state index is 0.0582. The molecule has 0 aliphatic heterocycles. The predicted octanol–water partition coefficient (Wildman–Crippen LogP) is 8.68. The molecule has 0 amide bonds. The van der Waals surface area contributed by atoms with Gasteiger partial charge >= 0.3 is 0 Å². The van der Waals surface area contributed by atoms with Gasteiger partial charge in [0, 0.05) is 21.9 Å². The molecule has 1 aliphatic rings. The third-order valence-electron chi connectivity index (χ3n) is 7.81. The zero-order valence-corrected chi connectivity index (χ0v) is 20.1. The molecule has 7 rings (SSSR count). The Morgan fingerprint density at radius 3 is 2.09 bits per heavy atom. The summed E-state index contributed by atoms with van der Waals surface area (Å²) in [5.74, 6) is 0. The lowest BCUT2D eigenvalue weighted by molar-refractivity contribution is 0.660. The Labute approximate surface area is 206 Å². The van der Waals surface area contributed by atoms with Crippen LogP contribution in [0.5, 0.6) is 0 Å². The van der Waals surface area contributed by atoms with Crippen molar-refractivity contribution in [2.45, 2.75) is 25.7 Å². The van der Waals surface area contributed by atoms with Gasteiger partial charge < -0.3 is 4.57 Å². The predicted molar refractivity (Wildman–Crippen MR) is 148 cm³/mol. The summed E-state index contributed by atoms with van der Waals surface area (Å²) in [4.78, 5) is 0. The number of hydrogen-bond acceptors (Lipinski definition) is 0. The van der Waals surface area contributed by atoms with Gasteiger partial charge in [0.1, 0.15) is 0 Å². The van der Waals surface area contributed by atoms with Crippen molar-refractivity contribution >= 4 is 21.8 Å². The topological polar surface area (TPSA) is 4.93 Å². The van der Waals surface area contributed by atoms with Crippen molar-refractivity contribution in [3.05, 3.63) is 138 Å². The van der Waals surface area contributed by atoms with Crippen LogP contribution in [0, 0.1) is 0 Å². The van der Waals surface area contributed by atoms with E-state index in [0.717, 1.165) is 6.42 Å². The lowest BCUT2D eigenvalue weighted by Crippen LogP contribution is -2.14. The second-order valence-corrected chi connectivity index (χ2v) is 10.3. The van der Waals surface area contributed by atoms with Gasteiger partial charge in [0.15, 0.2) is 0 Å². The van der Waals surface area contributed by atoms with Gasteiger partial charge in [-0.3, -0.25) is 0 Å². The second kappa shape index (κ2) is 7.45. The minimum atomic E-state index is 0.0582. The van der Waals surface area contributed by atoms with Crippen LogP contribution in [-0.4, -0.2) is 4.57 Å². The third kappa shape index (κ3) is 3.01. The van der Waals surface area contributed by atoms with Gasteiger partial charge in [-0.15, -0.1) is 0 Å². The molecule has 0 fully saturated rings. The van der Waals surface area contributed by atoms with Crippen LogP contribution in [-0.2, 0) is 11.8 Å². The van der Waals surface area contributed by atoms with Crippen LogP contribution >= 0.6 is 0 Å². The first-order valence-electron chi connectivity index (χ1n) is 12.4. The molecule has 0 spiro atoms. The van der Waals surface area contributed by atoms with Crippen molar-refractivity contribution in [3.63, 3.8) is 0 Å². The standard InChI is InChI=1S/C34H27N/c1-34(2)30-14-8-6-12-26(30)28-21-23(16-18-31(28)34)20-24-17-19-33-29(22-24)27-13-7-9-15-32(27)35(33)25-10-4-3-5-11-25/h3-19,21-22H,20H2,1-2H3. The van der Waals surface area contributed by atoms with Gasteiger partial charge in [0.25, 0.3) is 0 Å². The maximum absolute atomic E-state index is 2.42. The SMILES string of the molecule is CC1(C)c2ccccc2-c2cc(Cc3ccc4c(c3)c3ccccc3n4-c3ccccc3)ccc21. The summed E-state index contributed by atoms with van der Waals surface area (Å²) >= 11 is 0. The largest absolute Gasteiger partial charge is 0.309 e. The average molecular weight is 450 g/mol. The first-order chi connectivity index (χ1) is 17.1. The summed E-state index contributed by atoms with van der Waals surface area (Å²) in [5.41, 5.74) is 12.1. The molecule has 0 N–H and O–H groups in total. The molecule has 0 radical (unpaired) electrons. The Hall–Kier alpha value is -4.10. The molecule has 1 heterocycles. The van der Waals surface area contributed by atoms with E-state index in [2.05, 4.69) is 134 Å². The van der Waals surface area contributed by atoms with Crippen molar-refractivity contribution < 1.29 is 0 Å². The molecule has 0 bridgehead atoms. The van der Waals surface area contributed by atoms with Gasteiger partial charge in [0.05, 0.1) is 11.0 Å². The lowest BCUT2D eigenvalue weighted by Gasteiger charge is -2.21. The molecule has 1 heteroatoms. The molecule has 0 saturated heterocycles. The van der Waals surface area contributed by atoms with Crippen molar-refractivity contribution in [2.24, 2.45) is 0 Å². The average Bonchev–Trinajstić information content (AvgIpc) is 3.34. The maximum Gasteiger partial charge on any atom is 0.0541 e. The summed E-state index contributed by atoms with van der Waals surface area (Å²) in [5, 5.41) is 2.62. The van der Waals surface area contributed by atoms with E-state index in [1.807, 2.05) is 0 Å². The number of para-hydroxylation sites is 2. The third-order valence-corrected chi connectivity index (χ3v) is 7.81. The Kier molecular flexibility index (Phi) is 4.32. The molecule has 1 aromatic heterocycles. The highest BCUT2D eigenvalue weighted by atomic mass is 15.0. The summed E-state index contributed by atoms with van der Waals surface area (Å²) in [7, 11) is 0. The number of fused-ring (bicyclic) bond motifs is 6. The molecule has 1 nitrogen and oxygen atoms in total. The highest BCUT2D eigenvalue weighted by Gasteiger charge is 2.34. The summed E-state index contributed by atoms with van der Waals surface area (Å²) in [6.07, 6.45) is 0.927. The van der Waals surface area contributed by atoms with Crippen LogP contribution in [0.15, 0.2) is 115 Å². The van der Waals surface area contributed by atoms with E-state index in [0.29, 0.717) is 0 Å². The molecule has 6 aromatic rings. The van der Waals surface area contributed by atoms with Crippen LogP contribution in [0.25, 0.3) is 38.6 Å². The minimum Gasteiger partial charge on any atom is -0.309 e. The van der Waals surface area contributed by atoms with E-state index < -0.39 is 0 Å². The zero-order chi connectivity index (χ0) is 23.6. The quantitative estimate of drug-likeness (QED) is 0.255. The maximum atomic E-state index is 2.42. The molecule has 0 unspecified atom stereocenters. The van der Waals surface area contributed by atoms with Gasteiger partial charge in [-0.25, -0.2) is 0 Å². The summed E-state index contributed by atoms with van der Waals surface area (Å²) < 4.78 is 2.38. The molecular weight excluding hydrogens is 422 g/mol. The van der Waals surface area contributed by atoms with Crippen LogP contribution in [0.4, 0.5) is 0 Å². The lowest BCUT2D eigenvalue weighted by atomic mass is 9.82. The van der Waals surface area contributed by atoms with Crippen LogP contribution in [0.2, 0.25) is 0 Å². The molecule has 1 aliphatic carbocycles. The smallest absolute Gasteiger partial charge is 0.0541 e. The first-order valence-corrected chi connectivity index (χ1v) is 12.4. The van der Waals surface area contributed by atoms with Gasteiger partial charge in [0.2, 0.25) is 0 Å². The Morgan fingerprint density at radius 2 is 1.20 bits per heavy atom. The Bertz CT molecular complexity index is 1730. The van der Waals surface area contributed by atoms with Gasteiger partial charge in [-0.1, -0.05) is 98.8 Å². The Morgan fingerprint density at radius 1 is 0.543 bits per heavy atom. The van der Waals surface area contributed by atoms with Crippen molar-refractivity contribution in [3.8, 4) is 16.8 Å². The fourth-order valence-electron chi connectivity index (χ4n) is 6.10. The molecule has 0 saturated carbocycles. The van der Waals surface area contributed by atoms with E-state index in [9.17, 15) is 0 Å². The number of hydrogen-bond donors (Lipinski definition) is 0.